The number of ether oxygens (including phenoxy) is 3. The van der Waals surface area contributed by atoms with Gasteiger partial charge in [-0.2, -0.15) is 0 Å². The first-order valence-electron chi connectivity index (χ1n) is 7.98. The molecule has 0 N–H and O–H groups in total. The van der Waals surface area contributed by atoms with Crippen LogP contribution in [0.15, 0.2) is 54.6 Å². The Morgan fingerprint density at radius 3 is 2.58 bits per heavy atom. The average Bonchev–Trinajstić information content (AvgIpc) is 2.67. The molecular weight excluding hydrogens is 306 g/mol. The molecule has 0 unspecified atom stereocenters. The van der Waals surface area contributed by atoms with Gasteiger partial charge in [0.1, 0.15) is 6.10 Å². The van der Waals surface area contributed by atoms with Crippen LogP contribution in [0.25, 0.3) is 0 Å². The third-order valence-corrected chi connectivity index (χ3v) is 4.01. The van der Waals surface area contributed by atoms with Gasteiger partial charge in [0.2, 0.25) is 0 Å². The van der Waals surface area contributed by atoms with Gasteiger partial charge < -0.3 is 19.1 Å². The van der Waals surface area contributed by atoms with Gasteiger partial charge in [0, 0.05) is 6.54 Å². The maximum absolute atomic E-state index is 12.5. The lowest BCUT2D eigenvalue weighted by molar-refractivity contribution is -0.141. The van der Waals surface area contributed by atoms with Crippen LogP contribution in [0.4, 0.5) is 0 Å². The second-order valence-corrected chi connectivity index (χ2v) is 5.55. The van der Waals surface area contributed by atoms with Crippen molar-refractivity contribution >= 4 is 5.91 Å². The molecule has 3 rings (SSSR count). The minimum absolute atomic E-state index is 0.0120. The highest BCUT2D eigenvalue weighted by Crippen LogP contribution is 2.26. The molecule has 0 saturated carbocycles. The number of carbonyl (C=O) groups is 1. The lowest BCUT2D eigenvalue weighted by atomic mass is 10.1. The Balaban J connectivity index is 1.58. The molecule has 126 valence electrons. The van der Waals surface area contributed by atoms with E-state index in [2.05, 4.69) is 0 Å². The Kier molecular flexibility index (Phi) is 5.33. The van der Waals surface area contributed by atoms with E-state index in [-0.39, 0.29) is 18.6 Å². The molecule has 1 atom stereocenters. The van der Waals surface area contributed by atoms with E-state index in [1.807, 2.05) is 42.5 Å². The molecular formula is C19H21NO4. The minimum Gasteiger partial charge on any atom is -0.493 e. The largest absolute Gasteiger partial charge is 0.493 e. The van der Waals surface area contributed by atoms with E-state index in [1.54, 1.807) is 24.1 Å². The molecule has 2 aromatic rings. The molecule has 1 aliphatic heterocycles. The zero-order valence-corrected chi connectivity index (χ0v) is 13.7. The molecule has 0 aromatic heterocycles. The first kappa shape index (κ1) is 16.3. The molecule has 0 bridgehead atoms. The maximum atomic E-state index is 12.5. The Labute approximate surface area is 141 Å². The highest BCUT2D eigenvalue weighted by atomic mass is 16.5. The number of hydrogen-bond acceptors (Lipinski definition) is 4. The predicted octanol–water partition coefficient (Wildman–Crippen LogP) is 2.67. The number of rotatable bonds is 5. The number of nitrogens with zero attached hydrogens (tertiary/aromatic N) is 1. The number of hydrogen-bond donors (Lipinski definition) is 0. The van der Waals surface area contributed by atoms with Gasteiger partial charge in [-0.3, -0.25) is 4.79 Å². The molecule has 1 fully saturated rings. The summed E-state index contributed by atoms with van der Waals surface area (Å²) >= 11 is 0. The summed E-state index contributed by atoms with van der Waals surface area (Å²) in [5, 5.41) is 0. The van der Waals surface area contributed by atoms with Crippen LogP contribution < -0.4 is 9.47 Å². The van der Waals surface area contributed by atoms with Crippen molar-refractivity contribution in [2.24, 2.45) is 0 Å². The number of methoxy groups -OCH3 is 1. The van der Waals surface area contributed by atoms with Crippen molar-refractivity contribution in [3.05, 3.63) is 60.2 Å². The number of amides is 1. The lowest BCUT2D eigenvalue weighted by Crippen LogP contribution is -2.44. The number of para-hydroxylation sites is 2. The second kappa shape index (κ2) is 7.84. The summed E-state index contributed by atoms with van der Waals surface area (Å²) < 4.78 is 16.6. The van der Waals surface area contributed by atoms with Gasteiger partial charge in [0.25, 0.3) is 5.91 Å². The van der Waals surface area contributed by atoms with Gasteiger partial charge in [-0.1, -0.05) is 42.5 Å². The van der Waals surface area contributed by atoms with Crippen LogP contribution in [0.2, 0.25) is 0 Å². The Bertz CT molecular complexity index is 674. The Morgan fingerprint density at radius 2 is 1.83 bits per heavy atom. The van der Waals surface area contributed by atoms with Crippen LogP contribution in [0.5, 0.6) is 11.5 Å². The fraction of sp³-hybridized carbons (Fsp3) is 0.316. The topological polar surface area (TPSA) is 48.0 Å². The van der Waals surface area contributed by atoms with Gasteiger partial charge in [-0.05, 0) is 17.7 Å². The third kappa shape index (κ3) is 3.86. The zero-order valence-electron chi connectivity index (χ0n) is 13.7. The highest BCUT2D eigenvalue weighted by molar-refractivity contribution is 5.78. The summed E-state index contributed by atoms with van der Waals surface area (Å²) in [7, 11) is 1.58. The maximum Gasteiger partial charge on any atom is 0.260 e. The monoisotopic (exact) mass is 327 g/mol. The van der Waals surface area contributed by atoms with E-state index in [0.29, 0.717) is 31.2 Å². The van der Waals surface area contributed by atoms with E-state index < -0.39 is 0 Å². The van der Waals surface area contributed by atoms with Crippen molar-refractivity contribution in [1.29, 1.82) is 0 Å². The Morgan fingerprint density at radius 1 is 1.12 bits per heavy atom. The highest BCUT2D eigenvalue weighted by Gasteiger charge is 2.25. The van der Waals surface area contributed by atoms with Crippen molar-refractivity contribution < 1.29 is 19.0 Å². The van der Waals surface area contributed by atoms with Crippen molar-refractivity contribution in [1.82, 2.24) is 4.90 Å². The van der Waals surface area contributed by atoms with Crippen molar-refractivity contribution in [2.75, 3.05) is 33.4 Å². The molecule has 1 saturated heterocycles. The molecule has 0 aliphatic carbocycles. The van der Waals surface area contributed by atoms with Gasteiger partial charge in [0.15, 0.2) is 18.1 Å². The number of benzene rings is 2. The zero-order chi connectivity index (χ0) is 16.8. The van der Waals surface area contributed by atoms with E-state index in [9.17, 15) is 4.79 Å². The van der Waals surface area contributed by atoms with Crippen molar-refractivity contribution in [3.63, 3.8) is 0 Å². The summed E-state index contributed by atoms with van der Waals surface area (Å²) in [6.45, 7) is 1.64. The molecule has 1 amide bonds. The minimum atomic E-state index is -0.0878. The Hall–Kier alpha value is -2.53. The quantitative estimate of drug-likeness (QED) is 0.847. The first-order chi connectivity index (χ1) is 11.8. The molecule has 1 aliphatic rings. The van der Waals surface area contributed by atoms with E-state index in [0.717, 1.165) is 5.56 Å². The van der Waals surface area contributed by atoms with Crippen LogP contribution in [-0.2, 0) is 9.53 Å². The van der Waals surface area contributed by atoms with Crippen LogP contribution in [0, 0.1) is 0 Å². The third-order valence-electron chi connectivity index (χ3n) is 4.01. The summed E-state index contributed by atoms with van der Waals surface area (Å²) in [5.74, 6) is 1.14. The fourth-order valence-electron chi connectivity index (χ4n) is 2.71. The van der Waals surface area contributed by atoms with Crippen LogP contribution >= 0.6 is 0 Å². The molecule has 5 nitrogen and oxygen atoms in total. The SMILES string of the molecule is COc1ccccc1OCC(=O)N1CCO[C@H](c2ccccc2)C1. The molecule has 0 radical (unpaired) electrons. The van der Waals surface area contributed by atoms with Crippen LogP contribution in [0.1, 0.15) is 11.7 Å². The van der Waals surface area contributed by atoms with Crippen molar-refractivity contribution in [2.45, 2.75) is 6.10 Å². The van der Waals surface area contributed by atoms with Crippen LogP contribution in [0.3, 0.4) is 0 Å². The smallest absolute Gasteiger partial charge is 0.260 e. The van der Waals surface area contributed by atoms with Gasteiger partial charge >= 0.3 is 0 Å². The average molecular weight is 327 g/mol. The lowest BCUT2D eigenvalue weighted by Gasteiger charge is -2.33. The summed E-state index contributed by atoms with van der Waals surface area (Å²) in [5.41, 5.74) is 1.08. The van der Waals surface area contributed by atoms with E-state index in [4.69, 9.17) is 14.2 Å². The summed E-state index contributed by atoms with van der Waals surface area (Å²) in [4.78, 5) is 14.2. The molecule has 2 aromatic carbocycles. The fourth-order valence-corrected chi connectivity index (χ4v) is 2.71. The molecule has 0 spiro atoms. The summed E-state index contributed by atoms with van der Waals surface area (Å²) in [6, 6.07) is 17.3. The second-order valence-electron chi connectivity index (χ2n) is 5.55. The predicted molar refractivity (Wildman–Crippen MR) is 90.2 cm³/mol. The van der Waals surface area contributed by atoms with E-state index >= 15 is 0 Å². The van der Waals surface area contributed by atoms with Crippen molar-refractivity contribution in [3.8, 4) is 11.5 Å². The standard InChI is InChI=1S/C19H21NO4/c1-22-16-9-5-6-10-17(16)24-14-19(21)20-11-12-23-18(13-20)15-7-3-2-4-8-15/h2-10,18H,11-14H2,1H3/t18-/m0/s1. The first-order valence-corrected chi connectivity index (χ1v) is 7.98. The van der Waals surface area contributed by atoms with Gasteiger partial charge in [-0.25, -0.2) is 0 Å². The molecule has 1 heterocycles. The van der Waals surface area contributed by atoms with E-state index in [1.165, 1.54) is 0 Å². The summed E-state index contributed by atoms with van der Waals surface area (Å²) in [6.07, 6.45) is -0.0878. The number of carbonyl (C=O) groups excluding carboxylic acids is 1. The number of morpholine rings is 1. The normalized spacial score (nSPS) is 17.4. The van der Waals surface area contributed by atoms with Gasteiger partial charge in [0.05, 0.1) is 20.3 Å². The van der Waals surface area contributed by atoms with Gasteiger partial charge in [-0.15, -0.1) is 0 Å². The molecule has 24 heavy (non-hydrogen) atoms. The van der Waals surface area contributed by atoms with Crippen LogP contribution in [-0.4, -0.2) is 44.2 Å². The molecule has 5 heteroatoms.